The van der Waals surface area contributed by atoms with Crippen LogP contribution < -0.4 is 0 Å². The van der Waals surface area contributed by atoms with Crippen molar-refractivity contribution in [2.75, 3.05) is 7.11 Å². The second kappa shape index (κ2) is 7.20. The van der Waals surface area contributed by atoms with Gasteiger partial charge in [0, 0.05) is 24.2 Å². The Balaban J connectivity index is 2.21. The highest BCUT2D eigenvalue weighted by molar-refractivity contribution is 5.92. The number of allylic oxidation sites excluding steroid dienone is 1. The molecule has 0 aromatic heterocycles. The molecule has 2 unspecified atom stereocenters. The number of hydrogen-bond acceptors (Lipinski definition) is 3. The molecule has 1 aliphatic heterocycles. The van der Waals surface area contributed by atoms with Gasteiger partial charge in [-0.15, -0.1) is 0 Å². The van der Waals surface area contributed by atoms with Crippen LogP contribution in [0.3, 0.4) is 0 Å². The van der Waals surface area contributed by atoms with Gasteiger partial charge in [0.2, 0.25) is 0 Å². The number of hydrogen-bond donors (Lipinski definition) is 1. The fraction of sp³-hybridized carbons (Fsp3) is 0.571. The topological polar surface area (TPSA) is 41.8 Å². The van der Waals surface area contributed by atoms with Crippen molar-refractivity contribution in [3.63, 3.8) is 0 Å². The zero-order valence-electron chi connectivity index (χ0n) is 15.9. The van der Waals surface area contributed by atoms with Crippen molar-refractivity contribution in [2.24, 2.45) is 16.3 Å². The van der Waals surface area contributed by atoms with E-state index in [1.807, 2.05) is 6.92 Å². The van der Waals surface area contributed by atoms with Crippen LogP contribution in [0.2, 0.25) is 0 Å². The molecule has 142 valence electrons. The summed E-state index contributed by atoms with van der Waals surface area (Å²) in [5, 5.41) is 9.53. The van der Waals surface area contributed by atoms with Crippen molar-refractivity contribution in [3.05, 3.63) is 40.5 Å². The molecule has 2 aliphatic rings. The molecule has 1 heterocycles. The van der Waals surface area contributed by atoms with Crippen LogP contribution in [0, 0.1) is 17.2 Å². The Hall–Kier alpha value is -1.59. The maximum atomic E-state index is 14.8. The van der Waals surface area contributed by atoms with E-state index in [0.717, 1.165) is 24.8 Å². The molecule has 5 heteroatoms. The van der Waals surface area contributed by atoms with Crippen molar-refractivity contribution in [1.29, 1.82) is 0 Å². The zero-order chi connectivity index (χ0) is 19.1. The van der Waals surface area contributed by atoms with Gasteiger partial charge in [-0.3, -0.25) is 4.99 Å². The minimum absolute atomic E-state index is 0.0446. The predicted molar refractivity (Wildman–Crippen MR) is 99.2 cm³/mol. The summed E-state index contributed by atoms with van der Waals surface area (Å²) in [4.78, 5) is 4.08. The molecule has 1 aliphatic carbocycles. The van der Waals surface area contributed by atoms with Crippen LogP contribution in [0.1, 0.15) is 62.6 Å². The number of dihydropyridines is 1. The Morgan fingerprint density at radius 2 is 2.04 bits per heavy atom. The molecule has 0 radical (unpaired) electrons. The van der Waals surface area contributed by atoms with E-state index >= 15 is 0 Å². The molecule has 1 saturated carbocycles. The molecule has 3 nitrogen and oxygen atoms in total. The second-order valence-electron chi connectivity index (χ2n) is 8.08. The quantitative estimate of drug-likeness (QED) is 0.819. The second-order valence-corrected chi connectivity index (χ2v) is 8.08. The molecule has 26 heavy (non-hydrogen) atoms. The first-order chi connectivity index (χ1) is 12.3. The first-order valence-corrected chi connectivity index (χ1v) is 9.19. The Labute approximate surface area is 153 Å². The number of aliphatic imine (C=N–C) groups is 1. The molecule has 3 atom stereocenters. The lowest BCUT2D eigenvalue weighted by Crippen LogP contribution is -2.25. The summed E-state index contributed by atoms with van der Waals surface area (Å²) in [5.41, 5.74) is 2.24. The van der Waals surface area contributed by atoms with Crippen molar-refractivity contribution in [2.45, 2.75) is 58.8 Å². The Kier molecular flexibility index (Phi) is 5.31. The number of ether oxygens (including phenoxy) is 1. The Bertz CT molecular complexity index is 755. The summed E-state index contributed by atoms with van der Waals surface area (Å²) < 4.78 is 34.7. The predicted octanol–water partition coefficient (Wildman–Crippen LogP) is 4.99. The summed E-state index contributed by atoms with van der Waals surface area (Å²) in [6, 6.07) is 3.11. The lowest BCUT2D eigenvalue weighted by atomic mass is 9.73. The standard InChI is InChI=1S/C21H27F2NO2/c1-12-19(18(23)10-24-20(12)26-4)15-9-17(22)13(11-25)8-14(15)16-6-5-7-21(16,2)3/h8-10,12,16,20,25H,5-7,11H2,1-4H3/t12?,16-,20?/m0/s1. The van der Waals surface area contributed by atoms with Gasteiger partial charge in [0.05, 0.1) is 12.8 Å². The van der Waals surface area contributed by atoms with Crippen LogP contribution in [-0.2, 0) is 11.3 Å². The van der Waals surface area contributed by atoms with Crippen LogP contribution in [0.25, 0.3) is 5.57 Å². The van der Waals surface area contributed by atoms with Gasteiger partial charge < -0.3 is 9.84 Å². The molecule has 1 aromatic carbocycles. The van der Waals surface area contributed by atoms with Crippen molar-refractivity contribution in [1.82, 2.24) is 0 Å². The van der Waals surface area contributed by atoms with Crippen LogP contribution >= 0.6 is 0 Å². The van der Waals surface area contributed by atoms with Gasteiger partial charge in [0.15, 0.2) is 6.23 Å². The molecule has 1 N–H and O–H groups in total. The fourth-order valence-corrected chi connectivity index (χ4v) is 4.52. The molecule has 3 rings (SSSR count). The van der Waals surface area contributed by atoms with E-state index in [0.29, 0.717) is 11.1 Å². The highest BCUT2D eigenvalue weighted by Gasteiger charge is 2.39. The lowest BCUT2D eigenvalue weighted by Gasteiger charge is -2.32. The van der Waals surface area contributed by atoms with E-state index in [4.69, 9.17) is 4.74 Å². The smallest absolute Gasteiger partial charge is 0.154 e. The average molecular weight is 363 g/mol. The van der Waals surface area contributed by atoms with Gasteiger partial charge in [-0.2, -0.15) is 0 Å². The minimum atomic E-state index is -0.508. The van der Waals surface area contributed by atoms with Crippen molar-refractivity contribution >= 4 is 11.8 Å². The third-order valence-corrected chi connectivity index (χ3v) is 6.03. The lowest BCUT2D eigenvalue weighted by molar-refractivity contribution is 0.0835. The normalized spacial score (nSPS) is 28.0. The number of methoxy groups -OCH3 is 1. The third-order valence-electron chi connectivity index (χ3n) is 6.03. The summed E-state index contributed by atoms with van der Waals surface area (Å²) in [7, 11) is 1.54. The van der Waals surface area contributed by atoms with Crippen LogP contribution in [0.15, 0.2) is 23.0 Å². The van der Waals surface area contributed by atoms with Gasteiger partial charge in [0.25, 0.3) is 0 Å². The number of aliphatic hydroxyl groups is 1. The highest BCUT2D eigenvalue weighted by atomic mass is 19.1. The molecule has 0 bridgehead atoms. The molecular weight excluding hydrogens is 336 g/mol. The van der Waals surface area contributed by atoms with E-state index < -0.39 is 17.9 Å². The summed E-state index contributed by atoms with van der Waals surface area (Å²) >= 11 is 0. The highest BCUT2D eigenvalue weighted by Crippen LogP contribution is 2.51. The molecular formula is C21H27F2NO2. The van der Waals surface area contributed by atoms with E-state index in [2.05, 4.69) is 18.8 Å². The average Bonchev–Trinajstić information content (AvgIpc) is 2.94. The minimum Gasteiger partial charge on any atom is -0.392 e. The Morgan fingerprint density at radius 3 is 2.62 bits per heavy atom. The molecule has 0 spiro atoms. The van der Waals surface area contributed by atoms with Crippen LogP contribution in [0.5, 0.6) is 0 Å². The largest absolute Gasteiger partial charge is 0.392 e. The van der Waals surface area contributed by atoms with Gasteiger partial charge in [-0.1, -0.05) is 27.2 Å². The first kappa shape index (κ1) is 19.2. The van der Waals surface area contributed by atoms with E-state index in [1.54, 1.807) is 6.07 Å². The monoisotopic (exact) mass is 363 g/mol. The number of nitrogens with zero attached hydrogens (tertiary/aromatic N) is 1. The SMILES string of the molecule is COC1N=CC(F)=C(c2cc(F)c(CO)cc2[C@@H]2CCCC2(C)C)C1C. The summed E-state index contributed by atoms with van der Waals surface area (Å²) in [5.74, 6) is -1.09. The van der Waals surface area contributed by atoms with Crippen molar-refractivity contribution < 1.29 is 18.6 Å². The number of benzene rings is 1. The zero-order valence-corrected chi connectivity index (χ0v) is 15.9. The van der Waals surface area contributed by atoms with Crippen LogP contribution in [-0.4, -0.2) is 24.7 Å². The maximum Gasteiger partial charge on any atom is 0.154 e. The molecule has 1 aromatic rings. The van der Waals surface area contributed by atoms with Crippen LogP contribution in [0.4, 0.5) is 8.78 Å². The van der Waals surface area contributed by atoms with E-state index in [-0.39, 0.29) is 29.4 Å². The van der Waals surface area contributed by atoms with Crippen molar-refractivity contribution in [3.8, 4) is 0 Å². The fourth-order valence-electron chi connectivity index (χ4n) is 4.52. The summed E-state index contributed by atoms with van der Waals surface area (Å²) in [6.07, 6.45) is 3.81. The van der Waals surface area contributed by atoms with E-state index in [9.17, 15) is 13.9 Å². The van der Waals surface area contributed by atoms with Gasteiger partial charge in [0.1, 0.15) is 11.6 Å². The number of rotatable bonds is 4. The van der Waals surface area contributed by atoms with E-state index in [1.165, 1.54) is 19.4 Å². The molecule has 0 saturated heterocycles. The Morgan fingerprint density at radius 1 is 1.31 bits per heavy atom. The molecule has 1 fully saturated rings. The van der Waals surface area contributed by atoms with Gasteiger partial charge in [-0.05, 0) is 47.4 Å². The number of halogens is 2. The maximum absolute atomic E-state index is 14.8. The molecule has 0 amide bonds. The third kappa shape index (κ3) is 3.23. The summed E-state index contributed by atoms with van der Waals surface area (Å²) in [6.45, 7) is 5.88. The first-order valence-electron chi connectivity index (χ1n) is 9.19. The van der Waals surface area contributed by atoms with Gasteiger partial charge in [-0.25, -0.2) is 8.78 Å². The number of aliphatic hydroxyl groups excluding tert-OH is 1. The van der Waals surface area contributed by atoms with Gasteiger partial charge >= 0.3 is 0 Å².